The number of amides is 3. The molecule has 0 unspecified atom stereocenters. The molecule has 0 aromatic heterocycles. The molecule has 1 aliphatic heterocycles. The summed E-state index contributed by atoms with van der Waals surface area (Å²) in [6, 6.07) is 6.56. The molecule has 0 spiro atoms. The highest BCUT2D eigenvalue weighted by atomic mass is 16.6. The van der Waals surface area contributed by atoms with Crippen LogP contribution >= 0.6 is 0 Å². The Morgan fingerprint density at radius 1 is 1.00 bits per heavy atom. The number of hydrogen-bond acceptors (Lipinski definition) is 6. The summed E-state index contributed by atoms with van der Waals surface area (Å²) in [7, 11) is 0. The molecule has 10 nitrogen and oxygen atoms in total. The molecule has 10 heteroatoms. The maximum absolute atomic E-state index is 12.2. The fourth-order valence-corrected chi connectivity index (χ4v) is 3.02. The maximum atomic E-state index is 12.2. The van der Waals surface area contributed by atoms with Gasteiger partial charge in [-0.05, 0) is 31.7 Å². The van der Waals surface area contributed by atoms with E-state index in [-0.39, 0.29) is 23.6 Å². The first-order valence-corrected chi connectivity index (χ1v) is 8.84. The normalized spacial score (nSPS) is 17.1. The number of rotatable bonds is 4. The first kappa shape index (κ1) is 18.6. The van der Waals surface area contributed by atoms with E-state index in [2.05, 4.69) is 16.2 Å². The molecule has 0 radical (unpaired) electrons. The number of benzene rings is 1. The monoisotopic (exact) mass is 375 g/mol. The molecular weight excluding hydrogens is 354 g/mol. The van der Waals surface area contributed by atoms with Crippen molar-refractivity contribution in [2.45, 2.75) is 31.7 Å². The standard InChI is InChI=1S/C17H21N5O5/c23-15(19-20-17(25)16(24)18-12-5-6-12)11-7-9-21(10-8-11)13-3-1-2-4-14(13)22(26)27/h1-4,11-12H,5-10H2,(H,18,24)(H,19,23)(H,20,25). The molecule has 3 amide bonds. The van der Waals surface area contributed by atoms with Crippen LogP contribution < -0.4 is 21.1 Å². The fourth-order valence-electron chi connectivity index (χ4n) is 3.02. The van der Waals surface area contributed by atoms with Crippen molar-refractivity contribution in [3.8, 4) is 0 Å². The minimum Gasteiger partial charge on any atom is -0.366 e. The lowest BCUT2D eigenvalue weighted by molar-refractivity contribution is -0.384. The summed E-state index contributed by atoms with van der Waals surface area (Å²) in [5.41, 5.74) is 4.98. The second-order valence-electron chi connectivity index (χ2n) is 6.70. The van der Waals surface area contributed by atoms with Gasteiger partial charge in [0.2, 0.25) is 5.91 Å². The van der Waals surface area contributed by atoms with Gasteiger partial charge in [0, 0.05) is 31.1 Å². The molecule has 1 saturated carbocycles. The van der Waals surface area contributed by atoms with Gasteiger partial charge in [0.05, 0.1) is 4.92 Å². The van der Waals surface area contributed by atoms with Gasteiger partial charge in [0.15, 0.2) is 0 Å². The fraction of sp³-hybridized carbons (Fsp3) is 0.471. The van der Waals surface area contributed by atoms with Crippen molar-refractivity contribution in [1.82, 2.24) is 16.2 Å². The molecule has 2 fully saturated rings. The second kappa shape index (κ2) is 8.02. The zero-order valence-electron chi connectivity index (χ0n) is 14.6. The van der Waals surface area contributed by atoms with Gasteiger partial charge in [0.25, 0.3) is 5.69 Å². The van der Waals surface area contributed by atoms with Crippen LogP contribution in [0.15, 0.2) is 24.3 Å². The van der Waals surface area contributed by atoms with Crippen molar-refractivity contribution in [3.05, 3.63) is 34.4 Å². The quantitative estimate of drug-likeness (QED) is 0.392. The molecule has 1 aromatic rings. The first-order valence-electron chi connectivity index (χ1n) is 8.84. The Labute approximate surface area is 155 Å². The Morgan fingerprint density at radius 2 is 1.67 bits per heavy atom. The van der Waals surface area contributed by atoms with E-state index in [1.165, 1.54) is 6.07 Å². The number of para-hydroxylation sites is 2. The highest BCUT2D eigenvalue weighted by Gasteiger charge is 2.29. The largest absolute Gasteiger partial charge is 0.366 e. The van der Waals surface area contributed by atoms with Crippen LogP contribution in [0.1, 0.15) is 25.7 Å². The third-order valence-corrected chi connectivity index (χ3v) is 4.70. The summed E-state index contributed by atoms with van der Waals surface area (Å²) < 4.78 is 0. The van der Waals surface area contributed by atoms with Gasteiger partial charge in [0.1, 0.15) is 5.69 Å². The topological polar surface area (TPSA) is 134 Å². The average molecular weight is 375 g/mol. The van der Waals surface area contributed by atoms with Gasteiger partial charge < -0.3 is 10.2 Å². The van der Waals surface area contributed by atoms with E-state index in [9.17, 15) is 24.5 Å². The van der Waals surface area contributed by atoms with E-state index in [1.54, 1.807) is 18.2 Å². The third kappa shape index (κ3) is 4.72. The highest BCUT2D eigenvalue weighted by Crippen LogP contribution is 2.31. The van der Waals surface area contributed by atoms with E-state index in [4.69, 9.17) is 0 Å². The number of hydrogen-bond donors (Lipinski definition) is 3. The first-order chi connectivity index (χ1) is 13.0. The second-order valence-corrected chi connectivity index (χ2v) is 6.70. The predicted octanol–water partition coefficient (Wildman–Crippen LogP) is 0.237. The number of carbonyl (C=O) groups is 3. The minimum absolute atomic E-state index is 0.0364. The molecule has 1 aliphatic carbocycles. The lowest BCUT2D eigenvalue weighted by Crippen LogP contribution is -2.51. The van der Waals surface area contributed by atoms with Crippen molar-refractivity contribution in [3.63, 3.8) is 0 Å². The van der Waals surface area contributed by atoms with Gasteiger partial charge in [-0.25, -0.2) is 0 Å². The van der Waals surface area contributed by atoms with E-state index in [1.807, 2.05) is 4.90 Å². The molecule has 0 bridgehead atoms. The third-order valence-electron chi connectivity index (χ3n) is 4.70. The number of carbonyl (C=O) groups excluding carboxylic acids is 3. The number of nitrogens with zero attached hydrogens (tertiary/aromatic N) is 2. The highest BCUT2D eigenvalue weighted by molar-refractivity contribution is 6.35. The number of anilines is 1. The van der Waals surface area contributed by atoms with Crippen LogP contribution in [0.3, 0.4) is 0 Å². The van der Waals surface area contributed by atoms with Crippen LogP contribution in [-0.2, 0) is 14.4 Å². The number of hydrazine groups is 1. The van der Waals surface area contributed by atoms with Gasteiger partial charge in [-0.1, -0.05) is 12.1 Å². The van der Waals surface area contributed by atoms with Crippen molar-refractivity contribution in [2.75, 3.05) is 18.0 Å². The molecule has 1 heterocycles. The SMILES string of the molecule is O=C(NNC(=O)C1CCN(c2ccccc2[N+](=O)[O-])CC1)C(=O)NC1CC1. The van der Waals surface area contributed by atoms with Crippen LogP contribution in [0.4, 0.5) is 11.4 Å². The lowest BCUT2D eigenvalue weighted by Gasteiger charge is -2.32. The molecular formula is C17H21N5O5. The summed E-state index contributed by atoms with van der Waals surface area (Å²) in [6.45, 7) is 0.970. The molecule has 2 aliphatic rings. The van der Waals surface area contributed by atoms with Crippen molar-refractivity contribution in [1.29, 1.82) is 0 Å². The van der Waals surface area contributed by atoms with Crippen LogP contribution in [-0.4, -0.2) is 41.8 Å². The zero-order chi connectivity index (χ0) is 19.4. The molecule has 3 rings (SSSR count). The predicted molar refractivity (Wildman–Crippen MR) is 95.5 cm³/mol. The Kier molecular flexibility index (Phi) is 5.53. The Hall–Kier alpha value is -3.17. The summed E-state index contributed by atoms with van der Waals surface area (Å²) in [4.78, 5) is 48.0. The van der Waals surface area contributed by atoms with Gasteiger partial charge >= 0.3 is 11.8 Å². The van der Waals surface area contributed by atoms with E-state index in [0.29, 0.717) is 31.6 Å². The Balaban J connectivity index is 1.47. The van der Waals surface area contributed by atoms with E-state index < -0.39 is 16.7 Å². The average Bonchev–Trinajstić information content (AvgIpc) is 3.49. The Morgan fingerprint density at radius 3 is 2.30 bits per heavy atom. The van der Waals surface area contributed by atoms with E-state index >= 15 is 0 Å². The van der Waals surface area contributed by atoms with Crippen LogP contribution in [0.2, 0.25) is 0 Å². The summed E-state index contributed by atoms with van der Waals surface area (Å²) >= 11 is 0. The lowest BCUT2D eigenvalue weighted by atomic mass is 9.95. The van der Waals surface area contributed by atoms with Crippen molar-refractivity contribution in [2.24, 2.45) is 5.92 Å². The molecule has 0 atom stereocenters. The summed E-state index contributed by atoms with van der Waals surface area (Å²) in [6.07, 6.45) is 2.71. The molecule has 3 N–H and O–H groups in total. The zero-order valence-corrected chi connectivity index (χ0v) is 14.6. The van der Waals surface area contributed by atoms with Gasteiger partial charge in [-0.2, -0.15) is 0 Å². The molecule has 27 heavy (non-hydrogen) atoms. The van der Waals surface area contributed by atoms with Crippen molar-refractivity contribution < 1.29 is 19.3 Å². The minimum atomic E-state index is -0.896. The van der Waals surface area contributed by atoms with Crippen molar-refractivity contribution >= 4 is 29.1 Å². The molecule has 144 valence electrons. The Bertz CT molecular complexity index is 756. The van der Waals surface area contributed by atoms with E-state index in [0.717, 1.165) is 12.8 Å². The maximum Gasteiger partial charge on any atom is 0.327 e. The van der Waals surface area contributed by atoms with Crippen LogP contribution in [0.25, 0.3) is 0 Å². The number of nitrogens with one attached hydrogen (secondary N) is 3. The smallest absolute Gasteiger partial charge is 0.327 e. The number of piperidine rings is 1. The number of nitro groups is 1. The summed E-state index contributed by atoms with van der Waals surface area (Å²) in [5.74, 6) is -2.36. The van der Waals surface area contributed by atoms with Gasteiger partial charge in [-0.3, -0.25) is 35.3 Å². The van der Waals surface area contributed by atoms with Gasteiger partial charge in [-0.15, -0.1) is 0 Å². The molecule has 1 saturated heterocycles. The number of nitro benzene ring substituents is 1. The van der Waals surface area contributed by atoms with Crippen LogP contribution in [0, 0.1) is 16.0 Å². The molecule has 1 aromatic carbocycles. The summed E-state index contributed by atoms with van der Waals surface area (Å²) in [5, 5.41) is 13.7. The van der Waals surface area contributed by atoms with Crippen LogP contribution in [0.5, 0.6) is 0 Å².